The smallest absolute Gasteiger partial charge is 0.173 e. The van der Waals surface area contributed by atoms with Crippen molar-refractivity contribution in [2.45, 2.75) is 26.3 Å². The average molecular weight is 392 g/mol. The number of benzene rings is 1. The van der Waals surface area contributed by atoms with Crippen molar-refractivity contribution < 1.29 is 0 Å². The summed E-state index contributed by atoms with van der Waals surface area (Å²) >= 11 is 23.5. The number of anilines is 1. The zero-order chi connectivity index (χ0) is 16.8. The lowest BCUT2D eigenvalue weighted by Gasteiger charge is -2.08. The first-order chi connectivity index (χ1) is 11.0. The molecule has 0 bridgehead atoms. The Morgan fingerprint density at radius 1 is 1.26 bits per heavy atom. The van der Waals surface area contributed by atoms with Crippen LogP contribution in [0.2, 0.25) is 15.1 Å². The van der Waals surface area contributed by atoms with Crippen LogP contribution < -0.4 is 10.6 Å². The zero-order valence-electron chi connectivity index (χ0n) is 12.6. The summed E-state index contributed by atoms with van der Waals surface area (Å²) in [5, 5.41) is 12.7. The van der Waals surface area contributed by atoms with Gasteiger partial charge in [-0.05, 0) is 36.3 Å². The Morgan fingerprint density at radius 3 is 2.74 bits per heavy atom. The number of nitrogens with one attached hydrogen (secondary N) is 2. The Kier molecular flexibility index (Phi) is 6.96. The molecule has 0 amide bonds. The minimum Gasteiger partial charge on any atom is -0.362 e. The molecule has 8 heteroatoms. The Hall–Kier alpha value is -1.01. The SMILES string of the molecule is CCCCNC(=S)Nc1nn(Cc2ccc(Cl)cc2Cl)cc1Cl. The Labute approximate surface area is 156 Å². The second kappa shape index (κ2) is 8.73. The largest absolute Gasteiger partial charge is 0.362 e. The number of rotatable bonds is 6. The van der Waals surface area contributed by atoms with E-state index < -0.39 is 0 Å². The van der Waals surface area contributed by atoms with Gasteiger partial charge in [0.1, 0.15) is 5.02 Å². The van der Waals surface area contributed by atoms with E-state index in [4.69, 9.17) is 47.0 Å². The highest BCUT2D eigenvalue weighted by atomic mass is 35.5. The third kappa shape index (κ3) is 5.53. The molecule has 1 aromatic heterocycles. The molecule has 0 aliphatic heterocycles. The van der Waals surface area contributed by atoms with Crippen LogP contribution in [-0.4, -0.2) is 21.4 Å². The number of halogens is 3. The molecule has 0 saturated heterocycles. The van der Waals surface area contributed by atoms with Gasteiger partial charge in [-0.3, -0.25) is 4.68 Å². The first-order valence-corrected chi connectivity index (χ1v) is 8.75. The van der Waals surface area contributed by atoms with E-state index >= 15 is 0 Å². The van der Waals surface area contributed by atoms with Crippen molar-refractivity contribution in [3.63, 3.8) is 0 Å². The molecule has 0 atom stereocenters. The van der Waals surface area contributed by atoms with Gasteiger partial charge in [0.15, 0.2) is 10.9 Å². The van der Waals surface area contributed by atoms with Crippen LogP contribution in [0.5, 0.6) is 0 Å². The van der Waals surface area contributed by atoms with Crippen LogP contribution in [0.4, 0.5) is 5.82 Å². The van der Waals surface area contributed by atoms with E-state index in [-0.39, 0.29) is 0 Å². The number of aromatic nitrogens is 2. The first kappa shape index (κ1) is 18.3. The highest BCUT2D eigenvalue weighted by Gasteiger charge is 2.10. The summed E-state index contributed by atoms with van der Waals surface area (Å²) in [4.78, 5) is 0. The van der Waals surface area contributed by atoms with Crippen molar-refractivity contribution >= 4 is 58.0 Å². The molecule has 2 aromatic rings. The number of nitrogens with zero attached hydrogens (tertiary/aromatic N) is 2. The summed E-state index contributed by atoms with van der Waals surface area (Å²) in [6, 6.07) is 5.36. The van der Waals surface area contributed by atoms with Gasteiger partial charge in [0.2, 0.25) is 0 Å². The van der Waals surface area contributed by atoms with Gasteiger partial charge in [0, 0.05) is 22.8 Å². The fourth-order valence-corrected chi connectivity index (χ4v) is 2.78. The summed E-state index contributed by atoms with van der Waals surface area (Å²) in [5.41, 5.74) is 0.908. The minimum absolute atomic E-state index is 0.493. The van der Waals surface area contributed by atoms with Crippen molar-refractivity contribution in [1.29, 1.82) is 0 Å². The summed E-state index contributed by atoms with van der Waals surface area (Å²) in [5.74, 6) is 0.519. The summed E-state index contributed by atoms with van der Waals surface area (Å²) in [7, 11) is 0. The molecule has 2 N–H and O–H groups in total. The molecule has 0 saturated carbocycles. The average Bonchev–Trinajstić information content (AvgIpc) is 2.82. The van der Waals surface area contributed by atoms with E-state index in [1.807, 2.05) is 6.07 Å². The summed E-state index contributed by atoms with van der Waals surface area (Å²) < 4.78 is 1.70. The highest BCUT2D eigenvalue weighted by molar-refractivity contribution is 7.80. The second-order valence-corrected chi connectivity index (χ2v) is 6.65. The van der Waals surface area contributed by atoms with Crippen LogP contribution >= 0.6 is 47.0 Å². The Morgan fingerprint density at radius 2 is 2.04 bits per heavy atom. The van der Waals surface area contributed by atoms with E-state index in [0.29, 0.717) is 32.5 Å². The van der Waals surface area contributed by atoms with Crippen LogP contribution in [0.1, 0.15) is 25.3 Å². The minimum atomic E-state index is 0.493. The van der Waals surface area contributed by atoms with Gasteiger partial charge in [-0.15, -0.1) is 0 Å². The molecule has 1 heterocycles. The Bertz CT molecular complexity index is 687. The maximum atomic E-state index is 6.19. The van der Waals surface area contributed by atoms with E-state index in [0.717, 1.165) is 24.9 Å². The summed E-state index contributed by atoms with van der Waals surface area (Å²) in [6.45, 7) is 3.44. The number of thiocarbonyl (C=S) groups is 1. The third-order valence-electron chi connectivity index (χ3n) is 3.11. The van der Waals surface area contributed by atoms with Gasteiger partial charge in [-0.1, -0.05) is 54.2 Å². The fraction of sp³-hybridized carbons (Fsp3) is 0.333. The lowest BCUT2D eigenvalue weighted by molar-refractivity contribution is 0.690. The van der Waals surface area contributed by atoms with Crippen LogP contribution in [0, 0.1) is 0 Å². The third-order valence-corrected chi connectivity index (χ3v) is 4.22. The molecule has 4 nitrogen and oxygen atoms in total. The van der Waals surface area contributed by atoms with Gasteiger partial charge in [0.05, 0.1) is 6.54 Å². The van der Waals surface area contributed by atoms with Gasteiger partial charge in [0.25, 0.3) is 0 Å². The van der Waals surface area contributed by atoms with Crippen molar-refractivity contribution in [3.8, 4) is 0 Å². The van der Waals surface area contributed by atoms with Crippen LogP contribution in [-0.2, 0) is 6.54 Å². The normalized spacial score (nSPS) is 10.6. The zero-order valence-corrected chi connectivity index (χ0v) is 15.7. The molecule has 124 valence electrons. The molecule has 0 fully saturated rings. The number of unbranched alkanes of at least 4 members (excludes halogenated alkanes) is 1. The monoisotopic (exact) mass is 390 g/mol. The molecule has 0 unspecified atom stereocenters. The van der Waals surface area contributed by atoms with Gasteiger partial charge in [-0.2, -0.15) is 5.10 Å². The lowest BCUT2D eigenvalue weighted by atomic mass is 10.2. The van der Waals surface area contributed by atoms with E-state index in [1.54, 1.807) is 23.0 Å². The van der Waals surface area contributed by atoms with Crippen molar-refractivity contribution in [3.05, 3.63) is 45.0 Å². The Balaban J connectivity index is 2.01. The van der Waals surface area contributed by atoms with Crippen molar-refractivity contribution in [2.24, 2.45) is 0 Å². The van der Waals surface area contributed by atoms with Gasteiger partial charge < -0.3 is 10.6 Å². The van der Waals surface area contributed by atoms with E-state index in [9.17, 15) is 0 Å². The van der Waals surface area contributed by atoms with Crippen LogP contribution in [0.25, 0.3) is 0 Å². The molecular formula is C15H17Cl3N4S. The van der Waals surface area contributed by atoms with Crippen LogP contribution in [0.15, 0.2) is 24.4 Å². The van der Waals surface area contributed by atoms with Gasteiger partial charge in [-0.25, -0.2) is 0 Å². The molecule has 0 spiro atoms. The van der Waals surface area contributed by atoms with Gasteiger partial charge >= 0.3 is 0 Å². The second-order valence-electron chi connectivity index (χ2n) is 4.99. The first-order valence-electron chi connectivity index (χ1n) is 7.21. The summed E-state index contributed by atoms with van der Waals surface area (Å²) in [6.07, 6.45) is 3.88. The topological polar surface area (TPSA) is 41.9 Å². The fourth-order valence-electron chi connectivity index (χ4n) is 1.92. The predicted octanol–water partition coefficient (Wildman–Crippen LogP) is 4.98. The molecule has 23 heavy (non-hydrogen) atoms. The molecule has 0 aliphatic rings. The highest BCUT2D eigenvalue weighted by Crippen LogP contribution is 2.24. The number of hydrogen-bond donors (Lipinski definition) is 2. The van der Waals surface area contributed by atoms with Crippen molar-refractivity contribution in [1.82, 2.24) is 15.1 Å². The lowest BCUT2D eigenvalue weighted by Crippen LogP contribution is -2.29. The van der Waals surface area contributed by atoms with E-state index in [2.05, 4.69) is 22.7 Å². The van der Waals surface area contributed by atoms with E-state index in [1.165, 1.54) is 0 Å². The molecule has 0 radical (unpaired) electrons. The van der Waals surface area contributed by atoms with Crippen molar-refractivity contribution in [2.75, 3.05) is 11.9 Å². The number of hydrogen-bond acceptors (Lipinski definition) is 2. The molecule has 2 rings (SSSR count). The maximum absolute atomic E-state index is 6.19. The molecule has 1 aromatic carbocycles. The quantitative estimate of drug-likeness (QED) is 0.538. The molecular weight excluding hydrogens is 375 g/mol. The van der Waals surface area contributed by atoms with Crippen LogP contribution in [0.3, 0.4) is 0 Å². The molecule has 0 aliphatic carbocycles. The standard InChI is InChI=1S/C15H17Cl3N4S/c1-2-3-6-19-15(23)20-14-13(18)9-22(21-14)8-10-4-5-11(16)7-12(10)17/h4-5,7,9H,2-3,6,8H2,1H3,(H2,19,20,21,23). The maximum Gasteiger partial charge on any atom is 0.173 e. The predicted molar refractivity (Wildman–Crippen MR) is 102 cm³/mol.